The Morgan fingerprint density at radius 1 is 0.940 bits per heavy atom. The molecule has 11 nitrogen and oxygen atoms in total. The fourth-order valence-corrected chi connectivity index (χ4v) is 9.86. The number of hydrogen-bond donors (Lipinski definition) is 4. The van der Waals surface area contributed by atoms with Gasteiger partial charge >= 0.3 is 6.09 Å². The molecule has 2 aliphatic carbocycles. The van der Waals surface area contributed by atoms with Crippen LogP contribution >= 0.6 is 11.8 Å². The summed E-state index contributed by atoms with van der Waals surface area (Å²) in [6, 6.07) is 15.9. The quantitative estimate of drug-likeness (QED) is 0.271. The van der Waals surface area contributed by atoms with Gasteiger partial charge in [0.1, 0.15) is 17.6 Å². The molecule has 4 aliphatic rings. The van der Waals surface area contributed by atoms with Gasteiger partial charge in [-0.1, -0.05) is 85.7 Å². The molecule has 13 heteroatoms. The van der Waals surface area contributed by atoms with Gasteiger partial charge in [-0.25, -0.2) is 13.2 Å². The fourth-order valence-electron chi connectivity index (χ4n) is 7.14. The largest absolute Gasteiger partial charge is 0.465 e. The van der Waals surface area contributed by atoms with Crippen LogP contribution in [0.4, 0.5) is 4.79 Å². The van der Waals surface area contributed by atoms with Crippen LogP contribution in [0, 0.1) is 5.92 Å². The third-order valence-electron chi connectivity index (χ3n) is 10.3. The number of sulfonamides is 1. The molecule has 5 atom stereocenters. The standard InChI is InChI=1S/C37H44N4O7S2/c1-2-27-22-37(27,34(44)40-50(47,48)29-19-20-29)39-32(42)31-23-36(28-17-15-26(16-18-28)25-12-8-7-9-13-25)24-41(31)33(43)30(38-35(45)46)14-10-5-3-4-6-11-21-49-36/h2,6-9,11-13,15-18,27,29-31,38H,1,3-5,10,14,19-24H2,(H,39,42)(H,40,44)(H,45,46)/t27-,30+,31+,36+,37-/m1/s1. The molecule has 50 heavy (non-hydrogen) atoms. The summed E-state index contributed by atoms with van der Waals surface area (Å²) in [5.74, 6) is -1.79. The van der Waals surface area contributed by atoms with Gasteiger partial charge in [-0.3, -0.25) is 19.1 Å². The molecule has 0 spiro atoms. The highest BCUT2D eigenvalue weighted by Crippen LogP contribution is 2.50. The molecule has 2 heterocycles. The number of nitrogens with zero attached hydrogens (tertiary/aromatic N) is 1. The Balaban J connectivity index is 1.36. The van der Waals surface area contributed by atoms with Crippen molar-refractivity contribution < 1.29 is 32.7 Å². The number of hydrogen-bond acceptors (Lipinski definition) is 7. The molecular weight excluding hydrogens is 677 g/mol. The lowest BCUT2D eigenvalue weighted by atomic mass is 9.93. The average molecular weight is 721 g/mol. The van der Waals surface area contributed by atoms with Gasteiger partial charge in [0.05, 0.1) is 10.00 Å². The van der Waals surface area contributed by atoms with Gasteiger partial charge in [-0.15, -0.1) is 18.3 Å². The van der Waals surface area contributed by atoms with Crippen LogP contribution in [-0.2, 0) is 29.2 Å². The summed E-state index contributed by atoms with van der Waals surface area (Å²) < 4.78 is 26.8. The number of thioether (sulfide) groups is 1. The van der Waals surface area contributed by atoms with Crippen LogP contribution in [0.15, 0.2) is 79.4 Å². The lowest BCUT2D eigenvalue weighted by molar-refractivity contribution is -0.141. The highest BCUT2D eigenvalue weighted by atomic mass is 32.2. The molecule has 0 unspecified atom stereocenters. The maximum absolute atomic E-state index is 14.4. The maximum Gasteiger partial charge on any atom is 0.405 e. The van der Waals surface area contributed by atoms with Gasteiger partial charge in [0.2, 0.25) is 21.8 Å². The Bertz CT molecular complexity index is 1760. The van der Waals surface area contributed by atoms with E-state index in [-0.39, 0.29) is 25.8 Å². The number of carbonyl (C=O) groups excluding carboxylic acids is 3. The van der Waals surface area contributed by atoms with E-state index in [9.17, 15) is 32.7 Å². The van der Waals surface area contributed by atoms with E-state index >= 15 is 0 Å². The third kappa shape index (κ3) is 7.63. The predicted molar refractivity (Wildman–Crippen MR) is 193 cm³/mol. The lowest BCUT2D eigenvalue weighted by Crippen LogP contribution is -2.58. The van der Waals surface area contributed by atoms with Gasteiger partial charge in [-0.2, -0.15) is 0 Å². The first-order chi connectivity index (χ1) is 24.0. The van der Waals surface area contributed by atoms with E-state index in [1.54, 1.807) is 11.8 Å². The number of benzene rings is 2. The normalized spacial score (nSPS) is 28.6. The molecule has 6 rings (SSSR count). The first kappa shape index (κ1) is 35.7. The first-order valence-corrected chi connectivity index (χ1v) is 19.8. The Labute approximate surface area is 297 Å². The topological polar surface area (TPSA) is 162 Å². The third-order valence-corrected chi connectivity index (χ3v) is 13.5. The predicted octanol–water partition coefficient (Wildman–Crippen LogP) is 4.71. The summed E-state index contributed by atoms with van der Waals surface area (Å²) in [4.78, 5) is 55.6. The number of carbonyl (C=O) groups is 4. The van der Waals surface area contributed by atoms with Crippen molar-refractivity contribution in [1.29, 1.82) is 0 Å². The summed E-state index contributed by atoms with van der Waals surface area (Å²) in [5, 5.41) is 14.3. The first-order valence-electron chi connectivity index (χ1n) is 17.2. The minimum absolute atomic E-state index is 0.130. The van der Waals surface area contributed by atoms with Crippen molar-refractivity contribution >= 4 is 45.6 Å². The van der Waals surface area contributed by atoms with Crippen molar-refractivity contribution in [2.45, 2.75) is 85.4 Å². The molecule has 3 fully saturated rings. The maximum atomic E-state index is 14.4. The Hall–Kier alpha value is -4.10. The minimum atomic E-state index is -3.88. The van der Waals surface area contributed by atoms with E-state index in [4.69, 9.17) is 0 Å². The minimum Gasteiger partial charge on any atom is -0.465 e. The second-order valence-corrected chi connectivity index (χ2v) is 17.1. The summed E-state index contributed by atoms with van der Waals surface area (Å²) >= 11 is 1.62. The summed E-state index contributed by atoms with van der Waals surface area (Å²) in [7, 11) is -3.88. The van der Waals surface area contributed by atoms with Crippen molar-refractivity contribution in [1.82, 2.24) is 20.3 Å². The van der Waals surface area contributed by atoms with Crippen molar-refractivity contribution in [3.8, 4) is 11.1 Å². The van der Waals surface area contributed by atoms with Crippen LogP contribution in [0.1, 0.15) is 63.4 Å². The van der Waals surface area contributed by atoms with E-state index < -0.39 is 67.4 Å². The molecule has 2 saturated carbocycles. The van der Waals surface area contributed by atoms with Gasteiger partial charge in [0.25, 0.3) is 5.91 Å². The van der Waals surface area contributed by atoms with E-state index in [0.29, 0.717) is 25.0 Å². The zero-order valence-corrected chi connectivity index (χ0v) is 29.5. The summed E-state index contributed by atoms with van der Waals surface area (Å²) in [5.41, 5.74) is 1.46. The van der Waals surface area contributed by atoms with Crippen LogP contribution in [0.3, 0.4) is 0 Å². The molecular formula is C37H44N4O7S2. The van der Waals surface area contributed by atoms with Crippen LogP contribution in [0.5, 0.6) is 0 Å². The van der Waals surface area contributed by atoms with Gasteiger partial charge in [-0.05, 0) is 61.6 Å². The number of fused-ring (bicyclic) bond motifs is 2. The number of carboxylic acid groups (broad SMARTS) is 1. The Morgan fingerprint density at radius 3 is 2.32 bits per heavy atom. The van der Waals surface area contributed by atoms with Gasteiger partial charge in [0, 0.05) is 18.2 Å². The van der Waals surface area contributed by atoms with Crippen LogP contribution in [0.2, 0.25) is 0 Å². The average Bonchev–Trinajstić information content (AvgIpc) is 4.03. The number of allylic oxidation sites excluding steroid dienone is 1. The second kappa shape index (κ2) is 14.6. The Kier molecular flexibility index (Phi) is 10.5. The molecule has 4 N–H and O–H groups in total. The monoisotopic (exact) mass is 720 g/mol. The molecule has 266 valence electrons. The summed E-state index contributed by atoms with van der Waals surface area (Å²) in [6.07, 6.45) is 9.24. The van der Waals surface area contributed by atoms with Crippen molar-refractivity contribution in [2.75, 3.05) is 12.3 Å². The zero-order chi connectivity index (χ0) is 35.5. The molecule has 2 aromatic carbocycles. The Morgan fingerprint density at radius 2 is 1.66 bits per heavy atom. The van der Waals surface area contributed by atoms with Crippen LogP contribution < -0.4 is 15.4 Å². The van der Waals surface area contributed by atoms with E-state index in [0.717, 1.165) is 36.0 Å². The molecule has 2 aromatic rings. The molecule has 2 aliphatic heterocycles. The van der Waals surface area contributed by atoms with E-state index in [2.05, 4.69) is 34.1 Å². The van der Waals surface area contributed by atoms with Crippen molar-refractivity contribution in [3.05, 3.63) is 85.0 Å². The number of amides is 4. The molecule has 2 bridgehead atoms. The van der Waals surface area contributed by atoms with Crippen LogP contribution in [0.25, 0.3) is 11.1 Å². The molecule has 0 radical (unpaired) electrons. The van der Waals surface area contributed by atoms with Gasteiger partial charge in [0.15, 0.2) is 0 Å². The molecule has 4 amide bonds. The van der Waals surface area contributed by atoms with Crippen molar-refractivity contribution in [3.63, 3.8) is 0 Å². The smallest absolute Gasteiger partial charge is 0.405 e. The number of nitrogens with one attached hydrogen (secondary N) is 3. The number of rotatable bonds is 9. The zero-order valence-electron chi connectivity index (χ0n) is 27.9. The highest BCUT2D eigenvalue weighted by molar-refractivity contribution is 8.00. The van der Waals surface area contributed by atoms with Gasteiger partial charge < -0.3 is 20.6 Å². The summed E-state index contributed by atoms with van der Waals surface area (Å²) in [6.45, 7) is 3.92. The molecule has 1 saturated heterocycles. The van der Waals surface area contributed by atoms with E-state index in [1.165, 1.54) is 11.0 Å². The lowest BCUT2D eigenvalue weighted by Gasteiger charge is -2.31. The van der Waals surface area contributed by atoms with E-state index in [1.807, 2.05) is 54.6 Å². The second-order valence-electron chi connectivity index (χ2n) is 13.7. The van der Waals surface area contributed by atoms with Crippen LogP contribution in [-0.4, -0.2) is 77.4 Å². The highest BCUT2D eigenvalue weighted by Gasteiger charge is 2.62. The van der Waals surface area contributed by atoms with Crippen molar-refractivity contribution in [2.24, 2.45) is 5.92 Å². The molecule has 0 aromatic heterocycles. The SMILES string of the molecule is C=C[C@@H]1C[C@]1(NC(=O)[C@@H]1C[C@@]2(c3ccc(-c4ccccc4)cc3)CN1C(=O)[C@@H](NC(=O)O)CCCCCC=CCS2)C(=O)NS(=O)(=O)C1CC1. The fraction of sp³-hybridized carbons (Fsp3) is 0.459.